The first kappa shape index (κ1) is 23.5. The summed E-state index contributed by atoms with van der Waals surface area (Å²) in [5.41, 5.74) is 0. The Kier molecular flexibility index (Phi) is 13.1. The Balaban J connectivity index is 1.80. The van der Waals surface area contributed by atoms with Gasteiger partial charge in [0.15, 0.2) is 6.04 Å². The van der Waals surface area contributed by atoms with Gasteiger partial charge in [-0.1, -0.05) is 90.4 Å². The van der Waals surface area contributed by atoms with Crippen LogP contribution in [0.1, 0.15) is 110 Å². The Morgan fingerprint density at radius 2 is 1.27 bits per heavy atom. The summed E-state index contributed by atoms with van der Waals surface area (Å²) < 4.78 is 0.866. The van der Waals surface area contributed by atoms with Crippen LogP contribution in [0.15, 0.2) is 0 Å². The van der Waals surface area contributed by atoms with Crippen LogP contribution in [0.5, 0.6) is 0 Å². The lowest BCUT2D eigenvalue weighted by molar-refractivity contribution is -0.893. The van der Waals surface area contributed by atoms with E-state index in [9.17, 15) is 4.79 Å². The number of quaternary nitrogens is 1. The minimum atomic E-state index is 0.182. The van der Waals surface area contributed by atoms with Crippen LogP contribution in [0.25, 0.3) is 0 Å². The van der Waals surface area contributed by atoms with Gasteiger partial charge in [-0.2, -0.15) is 0 Å². The normalized spacial score (nSPS) is 19.0. The molecule has 1 atom stereocenters. The average Bonchev–Trinajstić information content (AvgIpc) is 2.97. The molecular weight excluding hydrogens is 320 g/mol. The van der Waals surface area contributed by atoms with Crippen molar-refractivity contribution in [3.8, 4) is 0 Å². The Hall–Kier alpha value is -0.570. The molecule has 1 saturated heterocycles. The quantitative estimate of drug-likeness (QED) is 0.270. The topological polar surface area (TPSA) is 29.1 Å². The number of hydrogen-bond donors (Lipinski definition) is 1. The van der Waals surface area contributed by atoms with E-state index in [0.29, 0.717) is 0 Å². The summed E-state index contributed by atoms with van der Waals surface area (Å²) in [4.78, 5) is 12.3. The number of likely N-dealkylation sites (tertiary alicyclic amines) is 1. The Morgan fingerprint density at radius 1 is 0.808 bits per heavy atom. The van der Waals surface area contributed by atoms with E-state index < -0.39 is 0 Å². The summed E-state index contributed by atoms with van der Waals surface area (Å²) >= 11 is 0. The van der Waals surface area contributed by atoms with E-state index in [1.165, 1.54) is 89.9 Å². The van der Waals surface area contributed by atoms with Gasteiger partial charge in [0.25, 0.3) is 5.91 Å². The molecule has 26 heavy (non-hydrogen) atoms. The number of amides is 1. The lowest BCUT2D eigenvalue weighted by Crippen LogP contribution is -2.52. The minimum Gasteiger partial charge on any atom is -0.351 e. The Morgan fingerprint density at radius 3 is 1.69 bits per heavy atom. The summed E-state index contributed by atoms with van der Waals surface area (Å²) in [6, 6.07) is 0.182. The van der Waals surface area contributed by atoms with Gasteiger partial charge in [-0.15, -0.1) is 0 Å². The summed E-state index contributed by atoms with van der Waals surface area (Å²) in [6.45, 7) is 4.29. The van der Waals surface area contributed by atoms with Gasteiger partial charge in [-0.05, 0) is 6.42 Å². The van der Waals surface area contributed by atoms with Crippen LogP contribution in [0, 0.1) is 0 Å². The molecule has 3 nitrogen and oxygen atoms in total. The molecule has 0 aliphatic carbocycles. The summed E-state index contributed by atoms with van der Waals surface area (Å²) in [7, 11) is 4.37. The van der Waals surface area contributed by atoms with Crippen molar-refractivity contribution in [1.29, 1.82) is 0 Å². The second kappa shape index (κ2) is 14.5. The van der Waals surface area contributed by atoms with Gasteiger partial charge in [0.05, 0.1) is 20.6 Å². The average molecular weight is 368 g/mol. The molecule has 0 aromatic carbocycles. The molecule has 1 aliphatic heterocycles. The third-order valence-electron chi connectivity index (χ3n) is 6.19. The number of likely N-dealkylation sites (N-methyl/N-ethyl adjacent to an activating group) is 1. The lowest BCUT2D eigenvalue weighted by atomic mass is 10.0. The number of unbranched alkanes of at least 4 members (excludes halogenated alkanes) is 13. The fourth-order valence-electron chi connectivity index (χ4n) is 4.29. The van der Waals surface area contributed by atoms with Crippen molar-refractivity contribution in [2.24, 2.45) is 0 Å². The van der Waals surface area contributed by atoms with Crippen LogP contribution in [0.3, 0.4) is 0 Å². The van der Waals surface area contributed by atoms with Crippen molar-refractivity contribution < 1.29 is 9.28 Å². The predicted octanol–water partition coefficient (Wildman–Crippen LogP) is 5.82. The van der Waals surface area contributed by atoms with Crippen molar-refractivity contribution in [2.75, 3.05) is 27.2 Å². The largest absolute Gasteiger partial charge is 0.351 e. The molecule has 3 heteroatoms. The Bertz CT molecular complexity index is 354. The van der Waals surface area contributed by atoms with Gasteiger partial charge in [-0.3, -0.25) is 4.79 Å². The molecule has 0 radical (unpaired) electrons. The van der Waals surface area contributed by atoms with E-state index in [1.54, 1.807) is 0 Å². The zero-order chi connectivity index (χ0) is 19.1. The number of carbonyl (C=O) groups excluding carboxylic acids is 1. The van der Waals surface area contributed by atoms with Gasteiger partial charge in [0.1, 0.15) is 0 Å². The summed E-state index contributed by atoms with van der Waals surface area (Å²) in [5.74, 6) is 0.280. The Labute approximate surface area is 163 Å². The van der Waals surface area contributed by atoms with E-state index in [2.05, 4.69) is 26.3 Å². The highest BCUT2D eigenvalue weighted by molar-refractivity contribution is 5.80. The summed E-state index contributed by atoms with van der Waals surface area (Å²) in [5, 5.41) is 3.17. The van der Waals surface area contributed by atoms with Crippen molar-refractivity contribution in [2.45, 2.75) is 116 Å². The maximum absolute atomic E-state index is 12.3. The molecular formula is C23H47N2O+. The molecule has 1 aliphatic rings. The highest BCUT2D eigenvalue weighted by Crippen LogP contribution is 2.22. The molecule has 0 aromatic heterocycles. The van der Waals surface area contributed by atoms with Crippen LogP contribution in [-0.2, 0) is 4.79 Å². The van der Waals surface area contributed by atoms with Crippen molar-refractivity contribution in [3.63, 3.8) is 0 Å². The van der Waals surface area contributed by atoms with E-state index in [-0.39, 0.29) is 11.9 Å². The molecule has 0 aromatic rings. The highest BCUT2D eigenvalue weighted by atomic mass is 16.2. The number of nitrogens with zero attached hydrogens (tertiary/aromatic N) is 1. The molecule has 0 spiro atoms. The van der Waals surface area contributed by atoms with E-state index in [1.807, 2.05) is 0 Å². The third-order valence-corrected chi connectivity index (χ3v) is 6.19. The van der Waals surface area contributed by atoms with Crippen LogP contribution in [0.4, 0.5) is 0 Å². The first-order valence-corrected chi connectivity index (χ1v) is 11.7. The van der Waals surface area contributed by atoms with E-state index >= 15 is 0 Å². The third kappa shape index (κ3) is 10.5. The lowest BCUT2D eigenvalue weighted by Gasteiger charge is -2.30. The fourth-order valence-corrected chi connectivity index (χ4v) is 4.29. The molecule has 0 bridgehead atoms. The SMILES string of the molecule is CCCCCCCCCCCCCCCCNC(=O)C1CCC[N+]1(C)C. The highest BCUT2D eigenvalue weighted by Gasteiger charge is 2.39. The molecule has 1 amide bonds. The molecule has 1 N–H and O–H groups in total. The smallest absolute Gasteiger partial charge is 0.278 e. The standard InChI is InChI=1S/C23H46N2O/c1-4-5-6-7-8-9-10-11-12-13-14-15-16-17-20-24-23(26)22-19-18-21-25(22,2)3/h22H,4-21H2,1-3H3/p+1. The summed E-state index contributed by atoms with van der Waals surface area (Å²) in [6.07, 6.45) is 21.6. The number of nitrogens with one attached hydrogen (secondary N) is 1. The first-order valence-electron chi connectivity index (χ1n) is 11.7. The first-order chi connectivity index (χ1) is 12.6. The number of rotatable bonds is 16. The molecule has 1 fully saturated rings. The predicted molar refractivity (Wildman–Crippen MR) is 113 cm³/mol. The van der Waals surface area contributed by atoms with Crippen LogP contribution in [-0.4, -0.2) is 43.6 Å². The maximum Gasteiger partial charge on any atom is 0.278 e. The van der Waals surface area contributed by atoms with Crippen molar-refractivity contribution in [1.82, 2.24) is 5.32 Å². The molecule has 1 rings (SSSR count). The number of carbonyl (C=O) groups is 1. The second-order valence-electron chi connectivity index (χ2n) is 9.05. The number of hydrogen-bond acceptors (Lipinski definition) is 1. The fraction of sp³-hybridized carbons (Fsp3) is 0.957. The van der Waals surface area contributed by atoms with Gasteiger partial charge in [-0.25, -0.2) is 0 Å². The zero-order valence-electron chi connectivity index (χ0n) is 18.2. The van der Waals surface area contributed by atoms with Gasteiger partial charge in [0, 0.05) is 19.4 Å². The van der Waals surface area contributed by atoms with Crippen molar-refractivity contribution in [3.05, 3.63) is 0 Å². The van der Waals surface area contributed by atoms with Crippen molar-refractivity contribution >= 4 is 5.91 Å². The van der Waals surface area contributed by atoms with E-state index in [0.717, 1.165) is 30.4 Å². The molecule has 1 heterocycles. The maximum atomic E-state index is 12.3. The molecule has 154 valence electrons. The molecule has 0 saturated carbocycles. The molecule has 1 unspecified atom stereocenters. The van der Waals surface area contributed by atoms with Crippen LogP contribution >= 0.6 is 0 Å². The zero-order valence-corrected chi connectivity index (χ0v) is 18.2. The van der Waals surface area contributed by atoms with E-state index in [4.69, 9.17) is 0 Å². The van der Waals surface area contributed by atoms with Gasteiger partial charge in [0.2, 0.25) is 0 Å². The van der Waals surface area contributed by atoms with Gasteiger partial charge < -0.3 is 9.80 Å². The second-order valence-corrected chi connectivity index (χ2v) is 9.05. The van der Waals surface area contributed by atoms with Gasteiger partial charge >= 0.3 is 0 Å². The van der Waals surface area contributed by atoms with Crippen LogP contribution in [0.2, 0.25) is 0 Å². The monoisotopic (exact) mass is 367 g/mol. The minimum absolute atomic E-state index is 0.182. The van der Waals surface area contributed by atoms with Crippen LogP contribution < -0.4 is 5.32 Å².